The fourth-order valence-electron chi connectivity index (χ4n) is 1.88. The minimum absolute atomic E-state index is 0.196. The standard InChI is InChI=1S/C9H14ClNO6/c1-5(10)16-9(12)6-3-7(15-2)8(4-6)17-11(13)14/h5-8H,3-4H2,1-2H3/t5?,6-,7+,8+/m1/s1. The van der Waals surface area contributed by atoms with Crippen molar-refractivity contribution < 1.29 is 24.2 Å². The molecular weight excluding hydrogens is 254 g/mol. The molecule has 0 aromatic rings. The van der Waals surface area contributed by atoms with Crippen LogP contribution in [-0.4, -0.2) is 35.9 Å². The van der Waals surface area contributed by atoms with Crippen LogP contribution in [-0.2, 0) is 19.1 Å². The summed E-state index contributed by atoms with van der Waals surface area (Å²) < 4.78 is 9.87. The van der Waals surface area contributed by atoms with Crippen LogP contribution in [0.5, 0.6) is 0 Å². The van der Waals surface area contributed by atoms with Gasteiger partial charge in [0.05, 0.1) is 12.0 Å². The summed E-state index contributed by atoms with van der Waals surface area (Å²) in [5.74, 6) is -0.963. The molecule has 7 nitrogen and oxygen atoms in total. The first-order valence-electron chi connectivity index (χ1n) is 5.12. The molecule has 1 unspecified atom stereocenters. The maximum absolute atomic E-state index is 11.6. The van der Waals surface area contributed by atoms with Crippen LogP contribution in [0.1, 0.15) is 19.8 Å². The number of methoxy groups -OCH3 is 1. The fourth-order valence-corrected chi connectivity index (χ4v) is 1.97. The predicted molar refractivity (Wildman–Crippen MR) is 56.8 cm³/mol. The van der Waals surface area contributed by atoms with Gasteiger partial charge in [-0.3, -0.25) is 4.79 Å². The van der Waals surface area contributed by atoms with Gasteiger partial charge in [-0.05, 0) is 19.8 Å². The summed E-state index contributed by atoms with van der Waals surface area (Å²) in [6.45, 7) is 1.52. The van der Waals surface area contributed by atoms with Crippen molar-refractivity contribution >= 4 is 17.6 Å². The quantitative estimate of drug-likeness (QED) is 0.321. The molecule has 1 rings (SSSR count). The zero-order valence-corrected chi connectivity index (χ0v) is 10.3. The Balaban J connectivity index is 2.56. The van der Waals surface area contributed by atoms with Gasteiger partial charge in [0.1, 0.15) is 6.10 Å². The second-order valence-corrected chi connectivity index (χ2v) is 4.40. The second-order valence-electron chi connectivity index (χ2n) is 3.79. The van der Waals surface area contributed by atoms with E-state index in [-0.39, 0.29) is 6.42 Å². The largest absolute Gasteiger partial charge is 0.446 e. The average Bonchev–Trinajstić information content (AvgIpc) is 2.59. The first-order chi connectivity index (χ1) is 7.93. The normalized spacial score (nSPS) is 29.7. The number of carbonyl (C=O) groups excluding carboxylic acids is 1. The Bertz CT molecular complexity index is 297. The first-order valence-corrected chi connectivity index (χ1v) is 5.56. The summed E-state index contributed by atoms with van der Waals surface area (Å²) in [6.07, 6.45) is -0.693. The smallest absolute Gasteiger partial charge is 0.310 e. The van der Waals surface area contributed by atoms with E-state index in [0.29, 0.717) is 6.42 Å². The SMILES string of the molecule is CO[C@H]1C[C@@H](C(=O)OC(C)Cl)C[C@@H]1O[N+](=O)[O-]. The van der Waals surface area contributed by atoms with Crippen molar-refractivity contribution in [1.82, 2.24) is 0 Å². The summed E-state index contributed by atoms with van der Waals surface area (Å²) in [4.78, 5) is 26.3. The zero-order valence-electron chi connectivity index (χ0n) is 9.50. The number of carbonyl (C=O) groups is 1. The van der Waals surface area contributed by atoms with Crippen LogP contribution in [0.15, 0.2) is 0 Å². The van der Waals surface area contributed by atoms with Crippen LogP contribution >= 0.6 is 11.6 Å². The lowest BCUT2D eigenvalue weighted by Gasteiger charge is -2.14. The van der Waals surface area contributed by atoms with Gasteiger partial charge in [0, 0.05) is 7.11 Å². The van der Waals surface area contributed by atoms with Gasteiger partial charge in [-0.2, -0.15) is 0 Å². The minimum Gasteiger partial charge on any atom is -0.446 e. The third-order valence-corrected chi connectivity index (χ3v) is 2.67. The number of hydrogen-bond donors (Lipinski definition) is 0. The molecule has 17 heavy (non-hydrogen) atoms. The third kappa shape index (κ3) is 4.01. The third-order valence-electron chi connectivity index (χ3n) is 2.58. The van der Waals surface area contributed by atoms with Gasteiger partial charge in [-0.1, -0.05) is 11.6 Å². The zero-order chi connectivity index (χ0) is 13.0. The van der Waals surface area contributed by atoms with Crippen LogP contribution in [0, 0.1) is 16.0 Å². The maximum Gasteiger partial charge on any atom is 0.310 e. The van der Waals surface area contributed by atoms with Crippen molar-refractivity contribution in [2.75, 3.05) is 7.11 Å². The van der Waals surface area contributed by atoms with E-state index in [9.17, 15) is 14.9 Å². The highest BCUT2D eigenvalue weighted by Gasteiger charge is 2.41. The van der Waals surface area contributed by atoms with E-state index >= 15 is 0 Å². The topological polar surface area (TPSA) is 87.9 Å². The molecule has 8 heteroatoms. The minimum atomic E-state index is -0.880. The molecule has 4 atom stereocenters. The number of hydrogen-bond acceptors (Lipinski definition) is 6. The maximum atomic E-state index is 11.6. The van der Waals surface area contributed by atoms with Crippen LogP contribution < -0.4 is 0 Å². The molecule has 0 N–H and O–H groups in total. The monoisotopic (exact) mass is 267 g/mol. The molecule has 1 aliphatic carbocycles. The molecule has 0 amide bonds. The van der Waals surface area contributed by atoms with Gasteiger partial charge in [-0.15, -0.1) is 10.1 Å². The van der Waals surface area contributed by atoms with Crippen LogP contribution in [0.25, 0.3) is 0 Å². The molecule has 1 fully saturated rings. The molecule has 98 valence electrons. The molecule has 0 heterocycles. The van der Waals surface area contributed by atoms with Crippen LogP contribution in [0.2, 0.25) is 0 Å². The van der Waals surface area contributed by atoms with Gasteiger partial charge in [0.25, 0.3) is 5.09 Å². The van der Waals surface area contributed by atoms with E-state index < -0.39 is 34.7 Å². The van der Waals surface area contributed by atoms with Gasteiger partial charge < -0.3 is 14.3 Å². The predicted octanol–water partition coefficient (Wildman–Crippen LogP) is 1.12. The Morgan fingerprint density at radius 1 is 1.47 bits per heavy atom. The van der Waals surface area contributed by atoms with E-state index in [1.54, 1.807) is 0 Å². The molecular formula is C9H14ClNO6. The molecule has 0 aromatic carbocycles. The van der Waals surface area contributed by atoms with Gasteiger partial charge in [0.2, 0.25) is 0 Å². The Hall–Kier alpha value is -1.08. The van der Waals surface area contributed by atoms with E-state index in [1.807, 2.05) is 0 Å². The number of nitrogens with zero attached hydrogens (tertiary/aromatic N) is 1. The molecule has 1 saturated carbocycles. The van der Waals surface area contributed by atoms with Crippen molar-refractivity contribution in [1.29, 1.82) is 0 Å². The molecule has 1 aliphatic rings. The van der Waals surface area contributed by atoms with Gasteiger partial charge >= 0.3 is 5.97 Å². The highest BCUT2D eigenvalue weighted by atomic mass is 35.5. The Labute approximate surface area is 103 Å². The molecule has 0 aromatic heterocycles. The van der Waals surface area contributed by atoms with Crippen molar-refractivity contribution in [3.63, 3.8) is 0 Å². The summed E-state index contributed by atoms with van der Waals surface area (Å²) in [5.41, 5.74) is -0.723. The summed E-state index contributed by atoms with van der Waals surface area (Å²) in [5, 5.41) is 9.38. The highest BCUT2D eigenvalue weighted by Crippen LogP contribution is 2.31. The van der Waals surface area contributed by atoms with E-state index in [4.69, 9.17) is 21.1 Å². The average molecular weight is 268 g/mol. The highest BCUT2D eigenvalue weighted by molar-refractivity contribution is 6.19. The number of halogens is 1. The van der Waals surface area contributed by atoms with Crippen molar-refractivity contribution in [3.8, 4) is 0 Å². The molecule has 0 saturated heterocycles. The Morgan fingerprint density at radius 2 is 2.06 bits per heavy atom. The van der Waals surface area contributed by atoms with Crippen LogP contribution in [0.3, 0.4) is 0 Å². The van der Waals surface area contributed by atoms with E-state index in [2.05, 4.69) is 4.84 Å². The first kappa shape index (κ1) is 14.0. The molecule has 0 radical (unpaired) electrons. The fraction of sp³-hybridized carbons (Fsp3) is 0.889. The Kier molecular flexibility index (Phi) is 4.95. The van der Waals surface area contributed by atoms with E-state index in [0.717, 1.165) is 0 Å². The lowest BCUT2D eigenvalue weighted by atomic mass is 10.1. The van der Waals surface area contributed by atoms with Gasteiger partial charge in [0.15, 0.2) is 5.56 Å². The number of esters is 1. The molecule has 0 aliphatic heterocycles. The van der Waals surface area contributed by atoms with Gasteiger partial charge in [-0.25, -0.2) is 0 Å². The second kappa shape index (κ2) is 6.02. The Morgan fingerprint density at radius 3 is 2.53 bits per heavy atom. The van der Waals surface area contributed by atoms with Crippen LogP contribution in [0.4, 0.5) is 0 Å². The molecule has 0 bridgehead atoms. The summed E-state index contributed by atoms with van der Waals surface area (Å²) in [7, 11) is 1.42. The summed E-state index contributed by atoms with van der Waals surface area (Å²) >= 11 is 5.53. The lowest BCUT2D eigenvalue weighted by Crippen LogP contribution is -2.27. The van der Waals surface area contributed by atoms with Crippen molar-refractivity contribution in [2.24, 2.45) is 5.92 Å². The summed E-state index contributed by atoms with van der Waals surface area (Å²) in [6, 6.07) is 0. The lowest BCUT2D eigenvalue weighted by molar-refractivity contribution is -0.770. The number of alkyl halides is 1. The van der Waals surface area contributed by atoms with Crippen molar-refractivity contribution in [2.45, 2.75) is 37.5 Å². The van der Waals surface area contributed by atoms with Crippen molar-refractivity contribution in [3.05, 3.63) is 10.1 Å². The number of rotatable bonds is 5. The van der Waals surface area contributed by atoms with E-state index in [1.165, 1.54) is 14.0 Å². The molecule has 0 spiro atoms. The number of ether oxygens (including phenoxy) is 2.